The third-order valence-corrected chi connectivity index (χ3v) is 3.43. The molecule has 4 nitrogen and oxygen atoms in total. The Bertz CT molecular complexity index is 548. The Morgan fingerprint density at radius 1 is 1.30 bits per heavy atom. The van der Waals surface area contributed by atoms with Crippen molar-refractivity contribution in [1.29, 1.82) is 0 Å². The zero-order valence-electron chi connectivity index (χ0n) is 12.5. The summed E-state index contributed by atoms with van der Waals surface area (Å²) in [6.45, 7) is 8.71. The maximum absolute atomic E-state index is 5.34. The average Bonchev–Trinajstić information content (AvgIpc) is 2.90. The van der Waals surface area contributed by atoms with Gasteiger partial charge in [-0.15, -0.1) is 0 Å². The third kappa shape index (κ3) is 3.39. The van der Waals surface area contributed by atoms with Gasteiger partial charge < -0.3 is 10.1 Å². The summed E-state index contributed by atoms with van der Waals surface area (Å²) in [6.07, 6.45) is 4.80. The topological polar surface area (TPSA) is 39.1 Å². The summed E-state index contributed by atoms with van der Waals surface area (Å²) < 4.78 is 7.44. The van der Waals surface area contributed by atoms with Gasteiger partial charge in [0, 0.05) is 32.2 Å². The molecular formula is C16H23N3O. The molecular weight excluding hydrogens is 250 g/mol. The highest BCUT2D eigenvalue weighted by atomic mass is 16.5. The van der Waals surface area contributed by atoms with Crippen molar-refractivity contribution in [2.45, 2.75) is 27.2 Å². The van der Waals surface area contributed by atoms with Crippen LogP contribution in [-0.4, -0.2) is 29.3 Å². The SMILES string of the molecule is CCOCCCNc1nccn1-c1cccc(C)c1C. The maximum atomic E-state index is 5.34. The lowest BCUT2D eigenvalue weighted by molar-refractivity contribution is 0.147. The molecule has 0 bridgehead atoms. The Kier molecular flexibility index (Phi) is 5.18. The highest BCUT2D eigenvalue weighted by Gasteiger charge is 2.07. The molecule has 1 aromatic heterocycles. The van der Waals surface area contributed by atoms with Crippen LogP contribution in [-0.2, 0) is 4.74 Å². The van der Waals surface area contributed by atoms with Crippen LogP contribution in [0.25, 0.3) is 5.69 Å². The van der Waals surface area contributed by atoms with E-state index in [1.54, 1.807) is 0 Å². The van der Waals surface area contributed by atoms with E-state index in [9.17, 15) is 0 Å². The highest BCUT2D eigenvalue weighted by molar-refractivity contribution is 5.49. The van der Waals surface area contributed by atoms with Crippen LogP contribution >= 0.6 is 0 Å². The predicted molar refractivity (Wildman–Crippen MR) is 82.6 cm³/mol. The number of hydrogen-bond acceptors (Lipinski definition) is 3. The minimum atomic E-state index is 0.775. The number of aryl methyl sites for hydroxylation is 1. The van der Waals surface area contributed by atoms with Gasteiger partial charge in [-0.05, 0) is 44.4 Å². The van der Waals surface area contributed by atoms with Crippen molar-refractivity contribution in [3.05, 3.63) is 41.7 Å². The number of anilines is 1. The quantitative estimate of drug-likeness (QED) is 0.786. The van der Waals surface area contributed by atoms with E-state index in [-0.39, 0.29) is 0 Å². The second kappa shape index (κ2) is 7.10. The lowest BCUT2D eigenvalue weighted by atomic mass is 10.1. The first kappa shape index (κ1) is 14.6. The van der Waals surface area contributed by atoms with E-state index < -0.39 is 0 Å². The Balaban J connectivity index is 2.06. The van der Waals surface area contributed by atoms with Crippen molar-refractivity contribution in [2.24, 2.45) is 0 Å². The van der Waals surface area contributed by atoms with Gasteiger partial charge in [0.2, 0.25) is 5.95 Å². The van der Waals surface area contributed by atoms with Crippen LogP contribution in [0.4, 0.5) is 5.95 Å². The summed E-state index contributed by atoms with van der Waals surface area (Å²) in [4.78, 5) is 4.39. The van der Waals surface area contributed by atoms with Gasteiger partial charge >= 0.3 is 0 Å². The molecule has 0 fully saturated rings. The molecule has 108 valence electrons. The second-order valence-electron chi connectivity index (χ2n) is 4.82. The third-order valence-electron chi connectivity index (χ3n) is 3.43. The van der Waals surface area contributed by atoms with E-state index in [0.29, 0.717) is 0 Å². The Morgan fingerprint density at radius 2 is 2.15 bits per heavy atom. The molecule has 0 aliphatic heterocycles. The van der Waals surface area contributed by atoms with E-state index in [1.165, 1.54) is 16.8 Å². The van der Waals surface area contributed by atoms with Crippen LogP contribution in [0.1, 0.15) is 24.5 Å². The molecule has 20 heavy (non-hydrogen) atoms. The molecule has 1 aromatic carbocycles. The van der Waals surface area contributed by atoms with Crippen molar-refractivity contribution in [2.75, 3.05) is 25.1 Å². The van der Waals surface area contributed by atoms with Gasteiger partial charge in [-0.25, -0.2) is 4.98 Å². The molecule has 0 saturated heterocycles. The van der Waals surface area contributed by atoms with E-state index in [0.717, 1.165) is 32.1 Å². The van der Waals surface area contributed by atoms with Crippen LogP contribution in [0.15, 0.2) is 30.6 Å². The van der Waals surface area contributed by atoms with Crippen molar-refractivity contribution in [3.63, 3.8) is 0 Å². The summed E-state index contributed by atoms with van der Waals surface area (Å²) >= 11 is 0. The standard InChI is InChI=1S/C16H23N3O/c1-4-20-12-6-9-17-16-18-10-11-19(16)15-8-5-7-13(2)14(15)3/h5,7-8,10-11H,4,6,9,12H2,1-3H3,(H,17,18). The van der Waals surface area contributed by atoms with Gasteiger partial charge in [-0.1, -0.05) is 12.1 Å². The monoisotopic (exact) mass is 273 g/mol. The van der Waals surface area contributed by atoms with E-state index in [1.807, 2.05) is 19.3 Å². The largest absolute Gasteiger partial charge is 0.382 e. The molecule has 0 atom stereocenters. The lowest BCUT2D eigenvalue weighted by Crippen LogP contribution is -2.10. The molecule has 2 aromatic rings. The first-order valence-electron chi connectivity index (χ1n) is 7.15. The Hall–Kier alpha value is -1.81. The van der Waals surface area contributed by atoms with Gasteiger partial charge in [0.15, 0.2) is 0 Å². The van der Waals surface area contributed by atoms with Crippen LogP contribution in [0.3, 0.4) is 0 Å². The second-order valence-corrected chi connectivity index (χ2v) is 4.82. The average molecular weight is 273 g/mol. The summed E-state index contributed by atoms with van der Waals surface area (Å²) in [5, 5.41) is 3.37. The van der Waals surface area contributed by atoms with Crippen molar-refractivity contribution < 1.29 is 4.74 Å². The zero-order chi connectivity index (χ0) is 14.4. The predicted octanol–water partition coefficient (Wildman–Crippen LogP) is 3.33. The van der Waals surface area contributed by atoms with Gasteiger partial charge in [0.05, 0.1) is 5.69 Å². The molecule has 4 heteroatoms. The fourth-order valence-corrected chi connectivity index (χ4v) is 2.14. The molecule has 1 heterocycles. The molecule has 2 rings (SSSR count). The van der Waals surface area contributed by atoms with Crippen LogP contribution in [0.5, 0.6) is 0 Å². The maximum Gasteiger partial charge on any atom is 0.207 e. The highest BCUT2D eigenvalue weighted by Crippen LogP contribution is 2.20. The normalized spacial score (nSPS) is 10.8. The van der Waals surface area contributed by atoms with E-state index in [4.69, 9.17) is 4.74 Å². The van der Waals surface area contributed by atoms with Gasteiger partial charge in [0.1, 0.15) is 0 Å². The first-order chi connectivity index (χ1) is 9.74. The molecule has 0 saturated carbocycles. The minimum Gasteiger partial charge on any atom is -0.382 e. The molecule has 0 aliphatic carbocycles. The number of nitrogens with one attached hydrogen (secondary N) is 1. The van der Waals surface area contributed by atoms with Crippen LogP contribution in [0, 0.1) is 13.8 Å². The number of benzene rings is 1. The lowest BCUT2D eigenvalue weighted by Gasteiger charge is -2.13. The number of ether oxygens (including phenoxy) is 1. The van der Waals surface area contributed by atoms with Gasteiger partial charge in [0.25, 0.3) is 0 Å². The van der Waals surface area contributed by atoms with Crippen molar-refractivity contribution >= 4 is 5.95 Å². The minimum absolute atomic E-state index is 0.775. The fraction of sp³-hybridized carbons (Fsp3) is 0.438. The van der Waals surface area contributed by atoms with Crippen LogP contribution in [0.2, 0.25) is 0 Å². The molecule has 0 radical (unpaired) electrons. The summed E-state index contributed by atoms with van der Waals surface area (Å²) in [6, 6.07) is 6.33. The van der Waals surface area contributed by atoms with E-state index in [2.05, 4.69) is 46.9 Å². The Labute approximate surface area is 120 Å². The first-order valence-corrected chi connectivity index (χ1v) is 7.15. The number of rotatable bonds is 7. The summed E-state index contributed by atoms with van der Waals surface area (Å²) in [7, 11) is 0. The van der Waals surface area contributed by atoms with Gasteiger partial charge in [-0.3, -0.25) is 4.57 Å². The summed E-state index contributed by atoms with van der Waals surface area (Å²) in [5.41, 5.74) is 3.75. The Morgan fingerprint density at radius 3 is 2.95 bits per heavy atom. The number of nitrogens with zero attached hydrogens (tertiary/aromatic N) is 2. The molecule has 0 spiro atoms. The van der Waals surface area contributed by atoms with Crippen molar-refractivity contribution in [1.82, 2.24) is 9.55 Å². The van der Waals surface area contributed by atoms with Crippen molar-refractivity contribution in [3.8, 4) is 5.69 Å². The molecule has 0 unspecified atom stereocenters. The molecule has 1 N–H and O–H groups in total. The summed E-state index contributed by atoms with van der Waals surface area (Å²) in [5.74, 6) is 0.884. The zero-order valence-corrected chi connectivity index (χ0v) is 12.5. The van der Waals surface area contributed by atoms with E-state index >= 15 is 0 Å². The molecule has 0 aliphatic rings. The van der Waals surface area contributed by atoms with Gasteiger partial charge in [-0.2, -0.15) is 0 Å². The number of imidazole rings is 1. The fourth-order valence-electron chi connectivity index (χ4n) is 2.14. The molecule has 0 amide bonds. The number of aromatic nitrogens is 2. The number of hydrogen-bond donors (Lipinski definition) is 1. The van der Waals surface area contributed by atoms with Crippen LogP contribution < -0.4 is 5.32 Å². The smallest absolute Gasteiger partial charge is 0.207 e.